The Balaban J connectivity index is 1.97. The molecule has 4 aromatic rings. The van der Waals surface area contributed by atoms with E-state index in [1.54, 1.807) is 30.3 Å². The number of alkyl halides is 3. The number of nitro benzene ring substituents is 2. The van der Waals surface area contributed by atoms with Crippen molar-refractivity contribution in [3.8, 4) is 34.3 Å². The van der Waals surface area contributed by atoms with Crippen LogP contribution in [0.2, 0.25) is 0 Å². The van der Waals surface area contributed by atoms with Gasteiger partial charge in [-0.05, 0) is 0 Å². The molecule has 0 spiro atoms. The summed E-state index contributed by atoms with van der Waals surface area (Å²) in [5.41, 5.74) is -5.37. The first kappa shape index (κ1) is 24.0. The summed E-state index contributed by atoms with van der Waals surface area (Å²) < 4.78 is 51.6. The van der Waals surface area contributed by atoms with Crippen LogP contribution in [0.1, 0.15) is 5.56 Å². The van der Waals surface area contributed by atoms with Gasteiger partial charge in [-0.25, -0.2) is 0 Å². The summed E-state index contributed by atoms with van der Waals surface area (Å²) in [6.45, 7) is 0. The lowest BCUT2D eigenvalue weighted by molar-refractivity contribution is -0.395. The number of ether oxygens (including phenoxy) is 1. The smallest absolute Gasteiger partial charge is 0.420 e. The average molecular weight is 504 g/mol. The zero-order valence-electron chi connectivity index (χ0n) is 17.5. The molecule has 11 nitrogen and oxygen atoms in total. The molecular formula is C22H11F3N2O9. The van der Waals surface area contributed by atoms with Crippen LogP contribution in [0.25, 0.3) is 22.3 Å². The Bertz CT molecular complexity index is 1600. The lowest BCUT2D eigenvalue weighted by Gasteiger charge is -2.15. The van der Waals surface area contributed by atoms with Gasteiger partial charge in [-0.15, -0.1) is 0 Å². The van der Waals surface area contributed by atoms with Crippen LogP contribution in [-0.2, 0) is 6.18 Å². The molecule has 0 radical (unpaired) electrons. The van der Waals surface area contributed by atoms with Gasteiger partial charge in [0.25, 0.3) is 5.69 Å². The topological polar surface area (TPSA) is 166 Å². The summed E-state index contributed by atoms with van der Waals surface area (Å²) >= 11 is 0. The largest absolute Gasteiger partial charge is 0.504 e. The number of benzene rings is 3. The van der Waals surface area contributed by atoms with E-state index in [0.29, 0.717) is 5.56 Å². The van der Waals surface area contributed by atoms with Gasteiger partial charge in [0.05, 0.1) is 15.9 Å². The van der Waals surface area contributed by atoms with Gasteiger partial charge in [0, 0.05) is 23.8 Å². The molecule has 4 rings (SSSR count). The molecule has 0 aliphatic heterocycles. The van der Waals surface area contributed by atoms with Crippen LogP contribution < -0.4 is 10.2 Å². The Morgan fingerprint density at radius 2 is 1.58 bits per heavy atom. The van der Waals surface area contributed by atoms with Crippen molar-refractivity contribution in [2.24, 2.45) is 0 Å². The average Bonchev–Trinajstić information content (AvgIpc) is 2.81. The van der Waals surface area contributed by atoms with Gasteiger partial charge in [-0.3, -0.25) is 25.0 Å². The van der Waals surface area contributed by atoms with E-state index in [1.165, 1.54) is 0 Å². The van der Waals surface area contributed by atoms with Crippen LogP contribution in [0.3, 0.4) is 0 Å². The van der Waals surface area contributed by atoms with Gasteiger partial charge in [-0.1, -0.05) is 30.3 Å². The minimum Gasteiger partial charge on any atom is -0.504 e. The molecule has 184 valence electrons. The quantitative estimate of drug-likeness (QED) is 0.203. The van der Waals surface area contributed by atoms with Crippen molar-refractivity contribution in [1.82, 2.24) is 0 Å². The predicted molar refractivity (Wildman–Crippen MR) is 116 cm³/mol. The molecule has 0 saturated carbocycles. The fraction of sp³-hybridized carbons (Fsp3) is 0.0455. The third-order valence-electron chi connectivity index (χ3n) is 4.97. The monoisotopic (exact) mass is 504 g/mol. The van der Waals surface area contributed by atoms with Crippen LogP contribution in [0, 0.1) is 20.2 Å². The zero-order valence-corrected chi connectivity index (χ0v) is 17.5. The summed E-state index contributed by atoms with van der Waals surface area (Å²) in [6.07, 6.45) is -5.35. The molecule has 36 heavy (non-hydrogen) atoms. The third kappa shape index (κ3) is 4.22. The number of hydrogen-bond acceptors (Lipinski definition) is 9. The number of aromatic hydroxyl groups is 2. The van der Waals surface area contributed by atoms with E-state index in [-0.39, 0.29) is 17.9 Å². The predicted octanol–water partition coefficient (Wildman–Crippen LogP) is 5.50. The SMILES string of the molecule is O=c1cc(-c2ccccc2)oc2cc(Oc3c([N+](=O)[O-])cc([N+](=O)[O-])cc3C(F)(F)F)c(O)c(O)c12. The summed E-state index contributed by atoms with van der Waals surface area (Å²) in [7, 11) is 0. The highest BCUT2D eigenvalue weighted by Crippen LogP contribution is 2.49. The van der Waals surface area contributed by atoms with Gasteiger partial charge in [-0.2, -0.15) is 13.2 Å². The minimum atomic E-state index is -5.35. The summed E-state index contributed by atoms with van der Waals surface area (Å²) in [5, 5.41) is 42.6. The Kier molecular flexibility index (Phi) is 5.72. The second kappa shape index (κ2) is 8.57. The van der Waals surface area contributed by atoms with Gasteiger partial charge < -0.3 is 19.4 Å². The number of rotatable bonds is 5. The van der Waals surface area contributed by atoms with Crippen LogP contribution in [0.4, 0.5) is 24.5 Å². The molecule has 0 amide bonds. The van der Waals surface area contributed by atoms with Crippen LogP contribution in [0.15, 0.2) is 63.8 Å². The molecule has 0 aliphatic rings. The first-order chi connectivity index (χ1) is 16.9. The second-order valence-electron chi connectivity index (χ2n) is 7.24. The maximum Gasteiger partial charge on any atom is 0.420 e. The van der Waals surface area contributed by atoms with Gasteiger partial charge >= 0.3 is 11.9 Å². The van der Waals surface area contributed by atoms with Crippen molar-refractivity contribution in [2.45, 2.75) is 6.18 Å². The first-order valence-corrected chi connectivity index (χ1v) is 9.68. The summed E-state index contributed by atoms with van der Waals surface area (Å²) in [5.74, 6) is -4.78. The van der Waals surface area contributed by atoms with E-state index in [4.69, 9.17) is 9.15 Å². The van der Waals surface area contributed by atoms with Crippen molar-refractivity contribution in [2.75, 3.05) is 0 Å². The van der Waals surface area contributed by atoms with Crippen molar-refractivity contribution in [1.29, 1.82) is 0 Å². The second-order valence-corrected chi connectivity index (χ2v) is 7.24. The maximum absolute atomic E-state index is 13.7. The number of nitrogens with zero attached hydrogens (tertiary/aromatic N) is 2. The van der Waals surface area contributed by atoms with Crippen molar-refractivity contribution in [3.63, 3.8) is 0 Å². The highest BCUT2D eigenvalue weighted by molar-refractivity contribution is 5.89. The first-order valence-electron chi connectivity index (χ1n) is 9.68. The highest BCUT2D eigenvalue weighted by atomic mass is 19.4. The standard InChI is InChI=1S/C22H11F3N2O9/c23-22(24,25)12-6-11(26(31)32)7-13(27(33)34)21(12)36-17-9-16-18(20(30)19(17)29)14(28)8-15(35-16)10-4-2-1-3-5-10/h1-9,29-30H. The maximum atomic E-state index is 13.7. The molecule has 14 heteroatoms. The number of halogens is 3. The number of nitro groups is 2. The molecule has 0 bridgehead atoms. The third-order valence-corrected chi connectivity index (χ3v) is 4.97. The van der Waals surface area contributed by atoms with Crippen LogP contribution in [-0.4, -0.2) is 20.1 Å². The summed E-state index contributed by atoms with van der Waals surface area (Å²) in [6, 6.07) is 10.2. The molecular weight excluding hydrogens is 493 g/mol. The molecule has 3 aromatic carbocycles. The molecule has 0 saturated heterocycles. The van der Waals surface area contributed by atoms with E-state index in [0.717, 1.165) is 12.1 Å². The Morgan fingerprint density at radius 1 is 0.917 bits per heavy atom. The fourth-order valence-corrected chi connectivity index (χ4v) is 3.36. The molecule has 2 N–H and O–H groups in total. The zero-order chi connectivity index (χ0) is 26.4. The lowest BCUT2D eigenvalue weighted by atomic mass is 10.1. The minimum absolute atomic E-state index is 0.00133. The van der Waals surface area contributed by atoms with Gasteiger partial charge in [0.2, 0.25) is 11.5 Å². The summed E-state index contributed by atoms with van der Waals surface area (Å²) in [4.78, 5) is 32.4. The number of phenolic OH excluding ortho intramolecular Hbond substituents is 2. The van der Waals surface area contributed by atoms with Crippen molar-refractivity contribution < 1.29 is 42.4 Å². The Labute approximate surface area is 196 Å². The lowest BCUT2D eigenvalue weighted by Crippen LogP contribution is -2.10. The number of fused-ring (bicyclic) bond motifs is 1. The van der Waals surface area contributed by atoms with Crippen molar-refractivity contribution in [3.05, 3.63) is 90.6 Å². The van der Waals surface area contributed by atoms with E-state index in [2.05, 4.69) is 0 Å². The highest BCUT2D eigenvalue weighted by Gasteiger charge is 2.41. The van der Waals surface area contributed by atoms with E-state index >= 15 is 0 Å². The Morgan fingerprint density at radius 3 is 2.17 bits per heavy atom. The number of hydrogen-bond donors (Lipinski definition) is 2. The molecule has 0 aliphatic carbocycles. The molecule has 0 fully saturated rings. The van der Waals surface area contributed by atoms with Crippen molar-refractivity contribution >= 4 is 22.3 Å². The van der Waals surface area contributed by atoms with Gasteiger partial charge in [0.15, 0.2) is 16.9 Å². The number of phenols is 2. The van der Waals surface area contributed by atoms with Crippen LogP contribution >= 0.6 is 0 Å². The molecule has 1 aromatic heterocycles. The normalized spacial score (nSPS) is 11.4. The fourth-order valence-electron chi connectivity index (χ4n) is 3.36. The Hall–Kier alpha value is -5.14. The van der Waals surface area contributed by atoms with E-state index < -0.39 is 72.4 Å². The molecule has 1 heterocycles. The van der Waals surface area contributed by atoms with E-state index in [1.807, 2.05) is 0 Å². The number of non-ortho nitro benzene ring substituents is 1. The molecule has 0 unspecified atom stereocenters. The van der Waals surface area contributed by atoms with E-state index in [9.17, 15) is 48.4 Å². The molecule has 0 atom stereocenters. The van der Waals surface area contributed by atoms with Crippen LogP contribution in [0.5, 0.6) is 23.0 Å². The van der Waals surface area contributed by atoms with Gasteiger partial charge in [0.1, 0.15) is 22.3 Å².